The predicted octanol–water partition coefficient (Wildman–Crippen LogP) is 4.74. The summed E-state index contributed by atoms with van der Waals surface area (Å²) < 4.78 is 0. The molecule has 1 aromatic carbocycles. The van der Waals surface area contributed by atoms with Crippen LogP contribution in [0.25, 0.3) is 0 Å². The minimum absolute atomic E-state index is 0.179. The van der Waals surface area contributed by atoms with Crippen LogP contribution in [-0.4, -0.2) is 41.9 Å². The van der Waals surface area contributed by atoms with Gasteiger partial charge in [0.2, 0.25) is 5.91 Å². The van der Waals surface area contributed by atoms with Crippen molar-refractivity contribution < 1.29 is 4.79 Å². The third kappa shape index (κ3) is 4.23. The highest BCUT2D eigenvalue weighted by atomic mass is 16.2. The monoisotopic (exact) mass is 368 g/mol. The van der Waals surface area contributed by atoms with Crippen LogP contribution in [0, 0.1) is 5.92 Å². The second kappa shape index (κ2) is 8.34. The molecule has 2 heterocycles. The zero-order valence-corrected chi connectivity index (χ0v) is 17.1. The summed E-state index contributed by atoms with van der Waals surface area (Å²) in [5.41, 5.74) is 3.07. The van der Waals surface area contributed by atoms with Crippen molar-refractivity contribution in [2.45, 2.75) is 76.7 Å². The molecule has 2 aliphatic heterocycles. The summed E-state index contributed by atoms with van der Waals surface area (Å²) in [7, 11) is 0. The maximum absolute atomic E-state index is 12.1. The molecule has 0 unspecified atom stereocenters. The van der Waals surface area contributed by atoms with E-state index in [9.17, 15) is 4.79 Å². The molecular formula is C24H36N2O. The van der Waals surface area contributed by atoms with Crippen LogP contribution in [-0.2, 0) is 16.8 Å². The van der Waals surface area contributed by atoms with Crippen molar-refractivity contribution in [3.8, 4) is 0 Å². The summed E-state index contributed by atoms with van der Waals surface area (Å²) >= 11 is 0. The smallest absolute Gasteiger partial charge is 0.219 e. The van der Waals surface area contributed by atoms with Gasteiger partial charge in [-0.2, -0.15) is 0 Å². The maximum atomic E-state index is 12.1. The molecule has 0 N–H and O–H groups in total. The predicted molar refractivity (Wildman–Crippen MR) is 111 cm³/mol. The topological polar surface area (TPSA) is 23.6 Å². The molecule has 0 bridgehead atoms. The fourth-order valence-electron chi connectivity index (χ4n) is 5.79. The summed E-state index contributed by atoms with van der Waals surface area (Å²) in [6, 6.07) is 8.87. The van der Waals surface area contributed by atoms with E-state index in [1.54, 1.807) is 6.92 Å². The molecule has 4 rings (SSSR count). The minimum atomic E-state index is 0.179. The van der Waals surface area contributed by atoms with E-state index >= 15 is 0 Å². The van der Waals surface area contributed by atoms with Crippen LogP contribution in [0.15, 0.2) is 24.3 Å². The lowest BCUT2D eigenvalue weighted by atomic mass is 9.68. The molecule has 1 spiro atoms. The number of rotatable bonds is 2. The van der Waals surface area contributed by atoms with E-state index in [1.807, 2.05) is 0 Å². The van der Waals surface area contributed by atoms with Gasteiger partial charge >= 0.3 is 0 Å². The molecule has 2 fully saturated rings. The Morgan fingerprint density at radius 3 is 2.41 bits per heavy atom. The van der Waals surface area contributed by atoms with E-state index in [2.05, 4.69) is 34.1 Å². The quantitative estimate of drug-likeness (QED) is 0.752. The standard InChI is InChI=1S/C24H36N2O/c1-20(27)26-18-22-11-7-8-12-23(22)24(19-26)13-15-25(16-14-24)17-21-9-5-3-2-4-6-10-21/h7-8,11-12,21H,2-6,9-10,13-19H2,1H3. The summed E-state index contributed by atoms with van der Waals surface area (Å²) in [5, 5.41) is 0. The third-order valence-corrected chi connectivity index (χ3v) is 7.44. The van der Waals surface area contributed by atoms with Crippen LogP contribution in [0.4, 0.5) is 0 Å². The van der Waals surface area contributed by atoms with Crippen LogP contribution in [0.1, 0.15) is 75.8 Å². The summed E-state index contributed by atoms with van der Waals surface area (Å²) in [4.78, 5) is 16.9. The first-order chi connectivity index (χ1) is 13.2. The van der Waals surface area contributed by atoms with E-state index in [0.717, 1.165) is 19.0 Å². The lowest BCUT2D eigenvalue weighted by Gasteiger charge is -2.49. The van der Waals surface area contributed by atoms with Crippen LogP contribution in [0.3, 0.4) is 0 Å². The van der Waals surface area contributed by atoms with E-state index in [1.165, 1.54) is 88.5 Å². The number of carbonyl (C=O) groups is 1. The average molecular weight is 369 g/mol. The van der Waals surface area contributed by atoms with E-state index in [0.29, 0.717) is 0 Å². The molecule has 0 radical (unpaired) electrons. The van der Waals surface area contributed by atoms with Gasteiger partial charge in [0.25, 0.3) is 0 Å². The van der Waals surface area contributed by atoms with Gasteiger partial charge in [0.15, 0.2) is 0 Å². The average Bonchev–Trinajstić information content (AvgIpc) is 2.65. The van der Waals surface area contributed by atoms with Gasteiger partial charge in [-0.05, 0) is 55.8 Å². The van der Waals surface area contributed by atoms with Crippen LogP contribution >= 0.6 is 0 Å². The van der Waals surface area contributed by atoms with Crippen molar-refractivity contribution in [3.05, 3.63) is 35.4 Å². The first kappa shape index (κ1) is 19.0. The Bertz CT molecular complexity index is 640. The van der Waals surface area contributed by atoms with Crippen LogP contribution in [0.2, 0.25) is 0 Å². The fraction of sp³-hybridized carbons (Fsp3) is 0.708. The molecule has 3 aliphatic rings. The van der Waals surface area contributed by atoms with Crippen molar-refractivity contribution in [2.24, 2.45) is 5.92 Å². The van der Waals surface area contributed by atoms with E-state index in [-0.39, 0.29) is 11.3 Å². The molecule has 0 atom stereocenters. The highest BCUT2D eigenvalue weighted by Crippen LogP contribution is 2.42. The zero-order chi connectivity index (χ0) is 18.7. The van der Waals surface area contributed by atoms with E-state index in [4.69, 9.17) is 0 Å². The van der Waals surface area contributed by atoms with Crippen molar-refractivity contribution in [3.63, 3.8) is 0 Å². The van der Waals surface area contributed by atoms with Gasteiger partial charge in [-0.15, -0.1) is 0 Å². The molecule has 1 saturated heterocycles. The molecule has 1 amide bonds. The highest BCUT2D eigenvalue weighted by Gasteiger charge is 2.42. The van der Waals surface area contributed by atoms with Crippen molar-refractivity contribution in [1.82, 2.24) is 9.80 Å². The number of piperidine rings is 1. The van der Waals surface area contributed by atoms with E-state index < -0.39 is 0 Å². The number of amides is 1. The lowest BCUT2D eigenvalue weighted by molar-refractivity contribution is -0.131. The number of fused-ring (bicyclic) bond motifs is 2. The van der Waals surface area contributed by atoms with Gasteiger partial charge in [-0.25, -0.2) is 0 Å². The number of likely N-dealkylation sites (tertiary alicyclic amines) is 1. The fourth-order valence-corrected chi connectivity index (χ4v) is 5.79. The molecule has 3 heteroatoms. The second-order valence-corrected chi connectivity index (χ2v) is 9.32. The third-order valence-electron chi connectivity index (χ3n) is 7.44. The number of benzene rings is 1. The van der Waals surface area contributed by atoms with Gasteiger partial charge in [-0.3, -0.25) is 4.79 Å². The van der Waals surface area contributed by atoms with Gasteiger partial charge in [0, 0.05) is 32.0 Å². The Balaban J connectivity index is 1.43. The summed E-state index contributed by atoms with van der Waals surface area (Å²) in [6.07, 6.45) is 12.5. The Labute approximate surface area is 165 Å². The van der Waals surface area contributed by atoms with Gasteiger partial charge in [-0.1, -0.05) is 56.4 Å². The van der Waals surface area contributed by atoms with Crippen molar-refractivity contribution in [2.75, 3.05) is 26.2 Å². The number of nitrogens with zero attached hydrogens (tertiary/aromatic N) is 2. The van der Waals surface area contributed by atoms with Gasteiger partial charge in [0.1, 0.15) is 0 Å². The summed E-state index contributed by atoms with van der Waals surface area (Å²) in [5.74, 6) is 1.13. The first-order valence-electron chi connectivity index (χ1n) is 11.2. The van der Waals surface area contributed by atoms with Gasteiger partial charge in [0.05, 0.1) is 0 Å². The molecule has 0 aromatic heterocycles. The molecule has 1 aromatic rings. The van der Waals surface area contributed by atoms with Gasteiger partial charge < -0.3 is 9.80 Å². The second-order valence-electron chi connectivity index (χ2n) is 9.32. The summed E-state index contributed by atoms with van der Waals surface area (Å²) in [6.45, 7) is 7.11. The Morgan fingerprint density at radius 1 is 1.04 bits per heavy atom. The number of carbonyl (C=O) groups excluding carboxylic acids is 1. The maximum Gasteiger partial charge on any atom is 0.219 e. The van der Waals surface area contributed by atoms with Crippen LogP contribution in [0.5, 0.6) is 0 Å². The van der Waals surface area contributed by atoms with Crippen molar-refractivity contribution in [1.29, 1.82) is 0 Å². The molecule has 1 aliphatic carbocycles. The Kier molecular flexibility index (Phi) is 5.87. The zero-order valence-electron chi connectivity index (χ0n) is 17.1. The Hall–Kier alpha value is -1.35. The van der Waals surface area contributed by atoms with Crippen molar-refractivity contribution >= 4 is 5.91 Å². The van der Waals surface area contributed by atoms with Crippen LogP contribution < -0.4 is 0 Å². The Morgan fingerprint density at radius 2 is 1.70 bits per heavy atom. The first-order valence-corrected chi connectivity index (χ1v) is 11.2. The molecule has 148 valence electrons. The molecule has 27 heavy (non-hydrogen) atoms. The molecule has 1 saturated carbocycles. The lowest BCUT2D eigenvalue weighted by Crippen LogP contribution is -2.53. The molecule has 3 nitrogen and oxygen atoms in total. The number of hydrogen-bond donors (Lipinski definition) is 0. The normalized spacial score (nSPS) is 24.3. The SMILES string of the molecule is CC(=O)N1Cc2ccccc2C2(CCN(CC3CCCCCCC3)CC2)C1. The number of hydrogen-bond acceptors (Lipinski definition) is 2. The molecular weight excluding hydrogens is 332 g/mol. The highest BCUT2D eigenvalue weighted by molar-refractivity contribution is 5.74. The largest absolute Gasteiger partial charge is 0.338 e. The minimum Gasteiger partial charge on any atom is -0.338 e.